The second-order valence-electron chi connectivity index (χ2n) is 2.54. The van der Waals surface area contributed by atoms with Gasteiger partial charge in [0.1, 0.15) is 11.5 Å². The van der Waals surface area contributed by atoms with Crippen molar-refractivity contribution in [1.82, 2.24) is 0 Å². The Bertz CT molecular complexity index is 180. The molecule has 0 rings (SSSR count). The van der Waals surface area contributed by atoms with Gasteiger partial charge in [0, 0.05) is 5.75 Å². The first-order valence-corrected chi connectivity index (χ1v) is 4.91. The number of nitrogens with two attached hydrogens (primary N) is 1. The zero-order valence-corrected chi connectivity index (χ0v) is 8.23. The van der Waals surface area contributed by atoms with Crippen LogP contribution >= 0.6 is 11.8 Å². The maximum atomic E-state index is 10.5. The first-order chi connectivity index (χ1) is 5.57. The van der Waals surface area contributed by atoms with Gasteiger partial charge >= 0.3 is 0 Å². The molecule has 0 spiro atoms. The van der Waals surface area contributed by atoms with Crippen LogP contribution in [0.4, 0.5) is 0 Å². The second kappa shape index (κ2) is 6.08. The summed E-state index contributed by atoms with van der Waals surface area (Å²) >= 11 is 1.44. The van der Waals surface area contributed by atoms with E-state index in [9.17, 15) is 4.79 Å². The average molecular weight is 189 g/mol. The monoisotopic (exact) mass is 189 g/mol. The summed E-state index contributed by atoms with van der Waals surface area (Å²) in [5.41, 5.74) is 5.56. The molecule has 0 aromatic rings. The summed E-state index contributed by atoms with van der Waals surface area (Å²) in [5, 5.41) is 9.13. The lowest BCUT2D eigenvalue weighted by Gasteiger charge is -2.08. The molecule has 3 nitrogen and oxygen atoms in total. The third-order valence-electron chi connectivity index (χ3n) is 1.28. The van der Waals surface area contributed by atoms with E-state index >= 15 is 0 Å². The summed E-state index contributed by atoms with van der Waals surface area (Å²) in [6.07, 6.45) is 1.57. The molecule has 0 saturated carbocycles. The number of Topliss-reactive ketones (excluding diaryl/α,β-unsaturated/α-hetero) is 1. The Morgan fingerprint density at radius 3 is 2.75 bits per heavy atom. The quantitative estimate of drug-likeness (QED) is 0.636. The molecule has 0 aromatic heterocycles. The normalized spacial score (nSPS) is 14.4. The lowest BCUT2D eigenvalue weighted by molar-refractivity contribution is -0.114. The van der Waals surface area contributed by atoms with Crippen molar-refractivity contribution >= 4 is 17.5 Å². The van der Waals surface area contributed by atoms with E-state index in [2.05, 4.69) is 0 Å². The first kappa shape index (κ1) is 11.5. The Morgan fingerprint density at radius 1 is 1.75 bits per heavy atom. The van der Waals surface area contributed by atoms with Gasteiger partial charge in [0.25, 0.3) is 0 Å². The van der Waals surface area contributed by atoms with Crippen molar-refractivity contribution in [2.75, 3.05) is 11.5 Å². The zero-order valence-electron chi connectivity index (χ0n) is 7.41. The van der Waals surface area contributed by atoms with Crippen molar-refractivity contribution < 1.29 is 9.90 Å². The highest BCUT2D eigenvalue weighted by Gasteiger charge is 2.06. The van der Waals surface area contributed by atoms with Gasteiger partial charge in [0.15, 0.2) is 0 Å². The number of rotatable bonds is 5. The van der Waals surface area contributed by atoms with Crippen LogP contribution in [0, 0.1) is 0 Å². The Morgan fingerprint density at radius 2 is 2.33 bits per heavy atom. The second-order valence-corrected chi connectivity index (χ2v) is 3.57. The van der Waals surface area contributed by atoms with E-state index in [0.29, 0.717) is 11.5 Å². The van der Waals surface area contributed by atoms with Gasteiger partial charge in [0.05, 0.1) is 11.8 Å². The van der Waals surface area contributed by atoms with Crippen LogP contribution in [0.2, 0.25) is 0 Å². The molecule has 0 saturated heterocycles. The number of hydrogen-bond acceptors (Lipinski definition) is 4. The molecule has 0 aromatic carbocycles. The van der Waals surface area contributed by atoms with Crippen LogP contribution < -0.4 is 5.73 Å². The molecular formula is C8H15NO2S. The molecule has 0 aliphatic rings. The smallest absolute Gasteiger partial charge is 0.139 e. The molecule has 12 heavy (non-hydrogen) atoms. The molecule has 0 bridgehead atoms. The zero-order chi connectivity index (χ0) is 9.56. The molecule has 0 heterocycles. The molecule has 3 N–H and O–H groups in total. The summed E-state index contributed by atoms with van der Waals surface area (Å²) in [6.45, 7) is 3.26. The SMILES string of the molecule is CC=C(O)C(N)CSCC(C)=O. The fourth-order valence-electron chi connectivity index (χ4n) is 0.629. The first-order valence-electron chi connectivity index (χ1n) is 3.75. The van der Waals surface area contributed by atoms with Gasteiger partial charge in [-0.15, -0.1) is 0 Å². The van der Waals surface area contributed by atoms with Crippen molar-refractivity contribution in [2.24, 2.45) is 5.73 Å². The molecule has 0 amide bonds. The highest BCUT2D eigenvalue weighted by Crippen LogP contribution is 2.06. The third-order valence-corrected chi connectivity index (χ3v) is 2.48. The van der Waals surface area contributed by atoms with Gasteiger partial charge in [-0.1, -0.05) is 0 Å². The largest absolute Gasteiger partial charge is 0.511 e. The Kier molecular flexibility index (Phi) is 5.84. The van der Waals surface area contributed by atoms with Gasteiger partial charge in [-0.05, 0) is 19.9 Å². The predicted octanol–water partition coefficient (Wildman–Crippen LogP) is 1.10. The minimum Gasteiger partial charge on any atom is -0.511 e. The molecule has 1 atom stereocenters. The van der Waals surface area contributed by atoms with Crippen LogP contribution in [-0.4, -0.2) is 28.4 Å². The summed E-state index contributed by atoms with van der Waals surface area (Å²) in [6, 6.07) is -0.348. The van der Waals surface area contributed by atoms with Crippen molar-refractivity contribution in [2.45, 2.75) is 19.9 Å². The number of ketones is 1. The Balaban J connectivity index is 3.57. The molecule has 0 radical (unpaired) electrons. The fraction of sp³-hybridized carbons (Fsp3) is 0.625. The minimum absolute atomic E-state index is 0.132. The Hall–Kier alpha value is -0.480. The number of hydrogen-bond donors (Lipinski definition) is 2. The molecule has 0 aliphatic heterocycles. The van der Waals surface area contributed by atoms with Gasteiger partial charge < -0.3 is 10.8 Å². The minimum atomic E-state index is -0.348. The summed E-state index contributed by atoms with van der Waals surface area (Å²) in [7, 11) is 0. The lowest BCUT2D eigenvalue weighted by atomic mass is 10.3. The average Bonchev–Trinajstić information content (AvgIpc) is 2.02. The van der Waals surface area contributed by atoms with Gasteiger partial charge in [-0.25, -0.2) is 0 Å². The highest BCUT2D eigenvalue weighted by molar-refractivity contribution is 8.00. The molecule has 1 unspecified atom stereocenters. The molecule has 70 valence electrons. The van der Waals surface area contributed by atoms with Crippen LogP contribution in [0.3, 0.4) is 0 Å². The van der Waals surface area contributed by atoms with Crippen molar-refractivity contribution in [3.63, 3.8) is 0 Å². The van der Waals surface area contributed by atoms with E-state index in [4.69, 9.17) is 10.8 Å². The van der Waals surface area contributed by atoms with E-state index in [1.165, 1.54) is 18.7 Å². The molecular weight excluding hydrogens is 174 g/mol. The molecule has 4 heteroatoms. The predicted molar refractivity (Wildman–Crippen MR) is 52.4 cm³/mol. The maximum absolute atomic E-state index is 10.5. The Labute approximate surface area is 77.0 Å². The van der Waals surface area contributed by atoms with Crippen molar-refractivity contribution in [1.29, 1.82) is 0 Å². The van der Waals surface area contributed by atoms with E-state index in [1.807, 2.05) is 0 Å². The number of allylic oxidation sites excluding steroid dienone is 1. The maximum Gasteiger partial charge on any atom is 0.139 e. The van der Waals surface area contributed by atoms with Crippen molar-refractivity contribution in [3.05, 3.63) is 11.8 Å². The summed E-state index contributed by atoms with van der Waals surface area (Å²) in [5.74, 6) is 1.36. The summed E-state index contributed by atoms with van der Waals surface area (Å²) < 4.78 is 0. The number of thioether (sulfide) groups is 1. The highest BCUT2D eigenvalue weighted by atomic mass is 32.2. The number of carbonyl (C=O) groups is 1. The fourth-order valence-corrected chi connectivity index (χ4v) is 1.46. The number of aliphatic hydroxyl groups is 1. The lowest BCUT2D eigenvalue weighted by Crippen LogP contribution is -2.25. The van der Waals surface area contributed by atoms with Crippen LogP contribution in [0.5, 0.6) is 0 Å². The van der Waals surface area contributed by atoms with E-state index in [1.54, 1.807) is 13.0 Å². The van der Waals surface area contributed by atoms with Crippen LogP contribution in [0.25, 0.3) is 0 Å². The van der Waals surface area contributed by atoms with E-state index < -0.39 is 0 Å². The van der Waals surface area contributed by atoms with Crippen LogP contribution in [0.15, 0.2) is 11.8 Å². The number of carbonyl (C=O) groups excluding carboxylic acids is 1. The van der Waals surface area contributed by atoms with Gasteiger partial charge in [0.2, 0.25) is 0 Å². The van der Waals surface area contributed by atoms with Crippen molar-refractivity contribution in [3.8, 4) is 0 Å². The molecule has 0 fully saturated rings. The van der Waals surface area contributed by atoms with E-state index in [0.717, 1.165) is 0 Å². The third kappa shape index (κ3) is 5.21. The topological polar surface area (TPSA) is 63.3 Å². The van der Waals surface area contributed by atoms with Crippen LogP contribution in [0.1, 0.15) is 13.8 Å². The number of aliphatic hydroxyl groups excluding tert-OH is 1. The van der Waals surface area contributed by atoms with Gasteiger partial charge in [-0.2, -0.15) is 11.8 Å². The van der Waals surface area contributed by atoms with Gasteiger partial charge in [-0.3, -0.25) is 4.79 Å². The molecule has 0 aliphatic carbocycles. The summed E-state index contributed by atoms with van der Waals surface area (Å²) in [4.78, 5) is 10.5. The standard InChI is InChI=1S/C8H15NO2S/c1-3-8(11)7(9)5-12-4-6(2)10/h3,7,11H,4-5,9H2,1-2H3. The van der Waals surface area contributed by atoms with E-state index in [-0.39, 0.29) is 17.6 Å². The van der Waals surface area contributed by atoms with Crippen LogP contribution in [-0.2, 0) is 4.79 Å².